The van der Waals surface area contributed by atoms with Crippen molar-refractivity contribution in [1.29, 1.82) is 0 Å². The Bertz CT molecular complexity index is 724. The Morgan fingerprint density at radius 2 is 1.81 bits per heavy atom. The zero-order chi connectivity index (χ0) is 15.9. The van der Waals surface area contributed by atoms with E-state index in [0.29, 0.717) is 12.2 Å². The maximum atomic E-state index is 12.6. The van der Waals surface area contributed by atoms with Crippen molar-refractivity contribution in [2.45, 2.75) is 23.8 Å². The molecule has 0 aromatic heterocycles. The summed E-state index contributed by atoms with van der Waals surface area (Å²) in [4.78, 5) is 0.122. The number of hydrogen-bond acceptors (Lipinski definition) is 5. The molecule has 2 rings (SSSR count). The summed E-state index contributed by atoms with van der Waals surface area (Å²) in [6.45, 7) is 1.67. The third-order valence-corrected chi connectivity index (χ3v) is 7.88. The number of nitrogens with zero attached hydrogens (tertiary/aromatic N) is 1. The van der Waals surface area contributed by atoms with Crippen LogP contribution in [0.15, 0.2) is 29.2 Å². The molecule has 0 radical (unpaired) electrons. The number of hydrogen-bond donors (Lipinski definition) is 0. The average Bonchev–Trinajstić information content (AvgIpc) is 2.73. The molecule has 8 heteroatoms. The normalized spacial score (nSPS) is 25.1. The molecule has 1 saturated heterocycles. The highest BCUT2D eigenvalue weighted by Crippen LogP contribution is 2.32. The van der Waals surface area contributed by atoms with Crippen LogP contribution in [-0.4, -0.2) is 52.3 Å². The molecular formula is C13H19NO5S2. The molecule has 0 bridgehead atoms. The van der Waals surface area contributed by atoms with E-state index in [-0.39, 0.29) is 16.4 Å². The molecular weight excluding hydrogens is 314 g/mol. The topological polar surface area (TPSA) is 80.8 Å². The highest BCUT2D eigenvalue weighted by atomic mass is 32.2. The summed E-state index contributed by atoms with van der Waals surface area (Å²) >= 11 is 0. The van der Waals surface area contributed by atoms with Crippen LogP contribution in [0.3, 0.4) is 0 Å². The fraction of sp³-hybridized carbons (Fsp3) is 0.538. The Morgan fingerprint density at radius 1 is 1.24 bits per heavy atom. The zero-order valence-corrected chi connectivity index (χ0v) is 13.9. The van der Waals surface area contributed by atoms with Crippen LogP contribution in [0.25, 0.3) is 0 Å². The third-order valence-electron chi connectivity index (χ3n) is 3.96. The molecule has 118 valence electrons. The number of ether oxygens (including phenoxy) is 1. The third kappa shape index (κ3) is 3.07. The van der Waals surface area contributed by atoms with Gasteiger partial charge in [0, 0.05) is 12.6 Å². The van der Waals surface area contributed by atoms with Gasteiger partial charge >= 0.3 is 0 Å². The van der Waals surface area contributed by atoms with Crippen LogP contribution < -0.4 is 4.74 Å². The zero-order valence-electron chi connectivity index (χ0n) is 12.2. The van der Waals surface area contributed by atoms with Gasteiger partial charge in [0.25, 0.3) is 0 Å². The summed E-state index contributed by atoms with van der Waals surface area (Å²) < 4.78 is 54.7. The molecule has 0 N–H and O–H groups in total. The molecule has 0 amide bonds. The highest BCUT2D eigenvalue weighted by molar-refractivity contribution is 7.92. The minimum absolute atomic E-state index is 0.0198. The van der Waals surface area contributed by atoms with Crippen LogP contribution in [-0.2, 0) is 19.9 Å². The second-order valence-corrected chi connectivity index (χ2v) is 9.64. The lowest BCUT2D eigenvalue weighted by Gasteiger charge is -2.33. The quantitative estimate of drug-likeness (QED) is 0.817. The van der Waals surface area contributed by atoms with Gasteiger partial charge in [-0.05, 0) is 37.6 Å². The van der Waals surface area contributed by atoms with Crippen molar-refractivity contribution in [3.8, 4) is 5.75 Å². The lowest BCUT2D eigenvalue weighted by atomic mass is 10.0. The summed E-state index contributed by atoms with van der Waals surface area (Å²) in [6, 6.07) is 6.04. The van der Waals surface area contributed by atoms with Crippen LogP contribution in [0.1, 0.15) is 13.3 Å². The van der Waals surface area contributed by atoms with Crippen molar-refractivity contribution >= 4 is 19.9 Å². The van der Waals surface area contributed by atoms with Crippen LogP contribution in [0.2, 0.25) is 0 Å². The largest absolute Gasteiger partial charge is 0.497 e. The maximum Gasteiger partial charge on any atom is 0.243 e. The van der Waals surface area contributed by atoms with Gasteiger partial charge in [-0.3, -0.25) is 0 Å². The molecule has 1 fully saturated rings. The molecule has 1 heterocycles. The number of sulfonamides is 1. The Labute approximate surface area is 125 Å². The van der Waals surface area contributed by atoms with E-state index >= 15 is 0 Å². The predicted molar refractivity (Wildman–Crippen MR) is 79.6 cm³/mol. The fourth-order valence-electron chi connectivity index (χ4n) is 2.44. The second-order valence-electron chi connectivity index (χ2n) is 5.49. The van der Waals surface area contributed by atoms with E-state index in [9.17, 15) is 16.8 Å². The second kappa shape index (κ2) is 5.26. The van der Waals surface area contributed by atoms with E-state index in [0.717, 1.165) is 0 Å². The fourth-order valence-corrected chi connectivity index (χ4v) is 6.23. The molecule has 0 saturated carbocycles. The van der Waals surface area contributed by atoms with Gasteiger partial charge in [0.2, 0.25) is 10.0 Å². The predicted octanol–water partition coefficient (Wildman–Crippen LogP) is 0.893. The van der Waals surface area contributed by atoms with Gasteiger partial charge in [-0.1, -0.05) is 0 Å². The molecule has 1 aliphatic heterocycles. The van der Waals surface area contributed by atoms with Gasteiger partial charge in [0.1, 0.15) is 5.75 Å². The van der Waals surface area contributed by atoms with Gasteiger partial charge in [-0.2, -0.15) is 4.31 Å². The van der Waals surface area contributed by atoms with Crippen LogP contribution in [0, 0.1) is 0 Å². The number of sulfone groups is 1. The molecule has 21 heavy (non-hydrogen) atoms. The van der Waals surface area contributed by atoms with Gasteiger partial charge < -0.3 is 4.74 Å². The van der Waals surface area contributed by atoms with Crippen molar-refractivity contribution in [3.63, 3.8) is 0 Å². The average molecular weight is 333 g/mol. The minimum atomic E-state index is -3.74. The van der Waals surface area contributed by atoms with Crippen molar-refractivity contribution in [1.82, 2.24) is 4.31 Å². The van der Waals surface area contributed by atoms with E-state index in [2.05, 4.69) is 0 Å². The van der Waals surface area contributed by atoms with E-state index in [1.54, 1.807) is 19.1 Å². The number of benzene rings is 1. The summed E-state index contributed by atoms with van der Waals surface area (Å²) in [6.07, 6.45) is 0.307. The van der Waals surface area contributed by atoms with Crippen LogP contribution in [0.5, 0.6) is 5.75 Å². The molecule has 1 aliphatic rings. The summed E-state index contributed by atoms with van der Waals surface area (Å²) in [5.74, 6) is 0.434. The van der Waals surface area contributed by atoms with Gasteiger partial charge in [-0.25, -0.2) is 16.8 Å². The van der Waals surface area contributed by atoms with Crippen molar-refractivity contribution in [3.05, 3.63) is 24.3 Å². The first-order chi connectivity index (χ1) is 9.61. The highest BCUT2D eigenvalue weighted by Gasteiger charge is 2.46. The first-order valence-corrected chi connectivity index (χ1v) is 9.70. The first-order valence-electron chi connectivity index (χ1n) is 6.44. The number of methoxy groups -OCH3 is 1. The smallest absolute Gasteiger partial charge is 0.243 e. The Morgan fingerprint density at radius 3 is 2.24 bits per heavy atom. The van der Waals surface area contributed by atoms with E-state index in [1.807, 2.05) is 0 Å². The standard InChI is InChI=1S/C13H19NO5S2/c1-13(8-9-20(15,16)10-13)14(2)21(17,18)12-6-4-11(19-3)5-7-12/h4-7H,8-10H2,1-3H3/t13-/m0/s1. The SMILES string of the molecule is COc1ccc(S(=O)(=O)N(C)[C@@]2(C)CCS(=O)(=O)C2)cc1. The lowest BCUT2D eigenvalue weighted by molar-refractivity contribution is 0.272. The van der Waals surface area contributed by atoms with Gasteiger partial charge in [0.05, 0.1) is 23.5 Å². The van der Waals surface area contributed by atoms with E-state index in [1.165, 1.54) is 30.6 Å². The molecule has 1 aromatic carbocycles. The molecule has 6 nitrogen and oxygen atoms in total. The Kier molecular flexibility index (Phi) is 4.07. The Balaban J connectivity index is 2.34. The van der Waals surface area contributed by atoms with Crippen LogP contribution in [0.4, 0.5) is 0 Å². The van der Waals surface area contributed by atoms with Gasteiger partial charge in [0.15, 0.2) is 9.84 Å². The number of rotatable bonds is 4. The van der Waals surface area contributed by atoms with Crippen molar-refractivity contribution in [2.75, 3.05) is 25.7 Å². The maximum absolute atomic E-state index is 12.6. The molecule has 1 atom stereocenters. The lowest BCUT2D eigenvalue weighted by Crippen LogP contribution is -2.48. The molecule has 0 spiro atoms. The summed E-state index contributed by atoms with van der Waals surface area (Å²) in [5, 5.41) is 0. The van der Waals surface area contributed by atoms with Crippen LogP contribution >= 0.6 is 0 Å². The van der Waals surface area contributed by atoms with Gasteiger partial charge in [-0.15, -0.1) is 0 Å². The van der Waals surface area contributed by atoms with Crippen molar-refractivity contribution < 1.29 is 21.6 Å². The molecule has 1 aromatic rings. The molecule has 0 unspecified atom stereocenters. The first kappa shape index (κ1) is 16.3. The Hall–Kier alpha value is -1.12. The van der Waals surface area contributed by atoms with Crippen molar-refractivity contribution in [2.24, 2.45) is 0 Å². The van der Waals surface area contributed by atoms with E-state index in [4.69, 9.17) is 4.74 Å². The summed E-state index contributed by atoms with van der Waals surface area (Å²) in [7, 11) is -3.99. The molecule has 0 aliphatic carbocycles. The van der Waals surface area contributed by atoms with E-state index < -0.39 is 25.4 Å². The monoisotopic (exact) mass is 333 g/mol. The minimum Gasteiger partial charge on any atom is -0.497 e. The summed E-state index contributed by atoms with van der Waals surface area (Å²) in [5.41, 5.74) is -0.905.